The zero-order chi connectivity index (χ0) is 21.9. The molecule has 1 atom stereocenters. The highest BCUT2D eigenvalue weighted by Gasteiger charge is 2.21. The van der Waals surface area contributed by atoms with E-state index in [0.717, 1.165) is 32.1 Å². The SMILES string of the molecule is CC(C)Cc1ccc(CCCC(=O)NCCCCC(N)C(=O)OC(C)(C)C)cc1. The normalized spacial score (nSPS) is 12.7. The number of benzene rings is 1. The minimum atomic E-state index is -0.600. The maximum absolute atomic E-state index is 12.0. The number of aryl methyl sites for hydroxylation is 1. The van der Waals surface area contributed by atoms with Gasteiger partial charge in [-0.3, -0.25) is 9.59 Å². The number of ether oxygens (including phenoxy) is 1. The number of nitrogens with two attached hydrogens (primary N) is 1. The number of amides is 1. The summed E-state index contributed by atoms with van der Waals surface area (Å²) in [7, 11) is 0. The van der Waals surface area contributed by atoms with E-state index in [9.17, 15) is 9.59 Å². The fourth-order valence-electron chi connectivity index (χ4n) is 3.07. The van der Waals surface area contributed by atoms with Crippen LogP contribution in [0.2, 0.25) is 0 Å². The van der Waals surface area contributed by atoms with Crippen LogP contribution < -0.4 is 11.1 Å². The standard InChI is InChI=1S/C24H40N2O3/c1-18(2)17-20-14-12-19(13-15-20)9-8-11-22(27)26-16-7-6-10-21(25)23(28)29-24(3,4)5/h12-15,18,21H,6-11,16-17,25H2,1-5H3,(H,26,27). The molecule has 164 valence electrons. The van der Waals surface area contributed by atoms with E-state index in [4.69, 9.17) is 10.5 Å². The molecule has 0 aliphatic carbocycles. The molecule has 1 amide bonds. The lowest BCUT2D eigenvalue weighted by Gasteiger charge is -2.22. The highest BCUT2D eigenvalue weighted by atomic mass is 16.6. The Kier molecular flexibility index (Phi) is 11.0. The van der Waals surface area contributed by atoms with E-state index in [1.807, 2.05) is 20.8 Å². The Morgan fingerprint density at radius 1 is 1.03 bits per heavy atom. The number of unbranched alkanes of at least 4 members (excludes halogenated alkanes) is 1. The Morgan fingerprint density at radius 2 is 1.66 bits per heavy atom. The third kappa shape index (κ3) is 12.3. The number of carbonyl (C=O) groups is 2. The van der Waals surface area contributed by atoms with Crippen LogP contribution in [0.15, 0.2) is 24.3 Å². The first kappa shape index (κ1) is 25.2. The molecule has 0 fully saturated rings. The van der Waals surface area contributed by atoms with Gasteiger partial charge in [0.2, 0.25) is 5.91 Å². The van der Waals surface area contributed by atoms with Crippen LogP contribution in [0, 0.1) is 5.92 Å². The summed E-state index contributed by atoms with van der Waals surface area (Å²) in [5.74, 6) is 0.384. The second-order valence-electron chi connectivity index (χ2n) is 9.25. The highest BCUT2D eigenvalue weighted by Crippen LogP contribution is 2.12. The van der Waals surface area contributed by atoms with Crippen LogP contribution >= 0.6 is 0 Å². The van der Waals surface area contributed by atoms with Crippen molar-refractivity contribution in [1.82, 2.24) is 5.32 Å². The van der Waals surface area contributed by atoms with E-state index in [0.29, 0.717) is 25.3 Å². The van der Waals surface area contributed by atoms with Crippen molar-refractivity contribution >= 4 is 11.9 Å². The molecule has 1 aromatic carbocycles. The molecule has 0 heterocycles. The summed E-state index contributed by atoms with van der Waals surface area (Å²) < 4.78 is 5.27. The van der Waals surface area contributed by atoms with Crippen LogP contribution in [0.1, 0.15) is 77.8 Å². The van der Waals surface area contributed by atoms with E-state index in [1.165, 1.54) is 11.1 Å². The van der Waals surface area contributed by atoms with Gasteiger partial charge in [-0.2, -0.15) is 0 Å². The number of nitrogens with one attached hydrogen (secondary N) is 1. The van der Waals surface area contributed by atoms with Crippen molar-refractivity contribution in [2.24, 2.45) is 11.7 Å². The van der Waals surface area contributed by atoms with Gasteiger partial charge in [0.25, 0.3) is 0 Å². The molecule has 0 saturated heterocycles. The van der Waals surface area contributed by atoms with Crippen molar-refractivity contribution in [2.45, 2.75) is 91.2 Å². The van der Waals surface area contributed by atoms with Crippen molar-refractivity contribution in [2.75, 3.05) is 6.54 Å². The van der Waals surface area contributed by atoms with E-state index < -0.39 is 11.6 Å². The first-order valence-corrected chi connectivity index (χ1v) is 10.9. The first-order chi connectivity index (χ1) is 13.6. The molecule has 5 heteroatoms. The minimum Gasteiger partial charge on any atom is -0.459 e. The average molecular weight is 405 g/mol. The lowest BCUT2D eigenvalue weighted by Crippen LogP contribution is -2.37. The largest absolute Gasteiger partial charge is 0.459 e. The van der Waals surface area contributed by atoms with Gasteiger partial charge in [0.1, 0.15) is 11.6 Å². The predicted molar refractivity (Wildman–Crippen MR) is 119 cm³/mol. The van der Waals surface area contributed by atoms with Crippen LogP contribution in [0.25, 0.3) is 0 Å². The molecule has 29 heavy (non-hydrogen) atoms. The van der Waals surface area contributed by atoms with Gasteiger partial charge in [0, 0.05) is 13.0 Å². The zero-order valence-corrected chi connectivity index (χ0v) is 18.9. The fraction of sp³-hybridized carbons (Fsp3) is 0.667. The average Bonchev–Trinajstić information content (AvgIpc) is 2.61. The molecule has 0 aliphatic rings. The van der Waals surface area contributed by atoms with Gasteiger partial charge >= 0.3 is 5.97 Å². The van der Waals surface area contributed by atoms with Crippen molar-refractivity contribution < 1.29 is 14.3 Å². The first-order valence-electron chi connectivity index (χ1n) is 10.9. The Hall–Kier alpha value is -1.88. The molecule has 1 rings (SSSR count). The summed E-state index contributed by atoms with van der Waals surface area (Å²) in [4.78, 5) is 23.8. The summed E-state index contributed by atoms with van der Waals surface area (Å²) in [6, 6.07) is 8.12. The molecular weight excluding hydrogens is 364 g/mol. The summed E-state index contributed by atoms with van der Waals surface area (Å²) in [5.41, 5.74) is 7.99. The molecule has 5 nitrogen and oxygen atoms in total. The maximum atomic E-state index is 12.0. The summed E-state index contributed by atoms with van der Waals surface area (Å²) in [6.45, 7) is 10.5. The van der Waals surface area contributed by atoms with Gasteiger partial charge in [0.15, 0.2) is 0 Å². The Morgan fingerprint density at radius 3 is 2.24 bits per heavy atom. The molecule has 0 radical (unpaired) electrons. The number of hydrogen-bond acceptors (Lipinski definition) is 4. The molecule has 0 spiro atoms. The third-order valence-electron chi connectivity index (χ3n) is 4.51. The minimum absolute atomic E-state index is 0.0814. The Labute approximate surface area is 176 Å². The predicted octanol–water partition coefficient (Wildman–Crippen LogP) is 4.16. The summed E-state index contributed by atoms with van der Waals surface area (Å²) in [6.07, 6.45) is 5.55. The quantitative estimate of drug-likeness (QED) is 0.405. The monoisotopic (exact) mass is 404 g/mol. The van der Waals surface area contributed by atoms with Gasteiger partial charge in [0.05, 0.1) is 0 Å². The van der Waals surface area contributed by atoms with Gasteiger partial charge in [-0.1, -0.05) is 38.1 Å². The van der Waals surface area contributed by atoms with E-state index in [2.05, 4.69) is 43.4 Å². The second-order valence-corrected chi connectivity index (χ2v) is 9.25. The van der Waals surface area contributed by atoms with Gasteiger partial charge in [-0.15, -0.1) is 0 Å². The molecular formula is C24H40N2O3. The number of rotatable bonds is 12. The van der Waals surface area contributed by atoms with Crippen LogP contribution in [0.4, 0.5) is 0 Å². The molecule has 0 aliphatic heterocycles. The van der Waals surface area contributed by atoms with Gasteiger partial charge < -0.3 is 15.8 Å². The van der Waals surface area contributed by atoms with Crippen LogP contribution in [-0.4, -0.2) is 30.1 Å². The van der Waals surface area contributed by atoms with E-state index in [1.54, 1.807) is 0 Å². The van der Waals surface area contributed by atoms with Crippen LogP contribution in [0.5, 0.6) is 0 Å². The fourth-order valence-corrected chi connectivity index (χ4v) is 3.07. The highest BCUT2D eigenvalue weighted by molar-refractivity contribution is 5.76. The molecule has 1 aromatic rings. The lowest BCUT2D eigenvalue weighted by atomic mass is 10.00. The topological polar surface area (TPSA) is 81.4 Å². The van der Waals surface area contributed by atoms with Crippen molar-refractivity contribution in [3.8, 4) is 0 Å². The van der Waals surface area contributed by atoms with Crippen molar-refractivity contribution in [3.05, 3.63) is 35.4 Å². The second kappa shape index (κ2) is 12.6. The molecule has 0 saturated carbocycles. The van der Waals surface area contributed by atoms with Crippen molar-refractivity contribution in [1.29, 1.82) is 0 Å². The summed E-state index contributed by atoms with van der Waals surface area (Å²) in [5, 5.41) is 2.94. The van der Waals surface area contributed by atoms with Crippen LogP contribution in [-0.2, 0) is 27.2 Å². The zero-order valence-electron chi connectivity index (χ0n) is 18.9. The van der Waals surface area contributed by atoms with E-state index >= 15 is 0 Å². The Balaban J connectivity index is 2.11. The van der Waals surface area contributed by atoms with E-state index in [-0.39, 0.29) is 11.9 Å². The molecule has 3 N–H and O–H groups in total. The van der Waals surface area contributed by atoms with Crippen molar-refractivity contribution in [3.63, 3.8) is 0 Å². The number of carbonyl (C=O) groups excluding carboxylic acids is 2. The number of esters is 1. The van der Waals surface area contributed by atoms with Crippen LogP contribution in [0.3, 0.4) is 0 Å². The van der Waals surface area contributed by atoms with Gasteiger partial charge in [-0.25, -0.2) is 0 Å². The number of hydrogen-bond donors (Lipinski definition) is 2. The van der Waals surface area contributed by atoms with Gasteiger partial charge in [-0.05, 0) is 76.3 Å². The lowest BCUT2D eigenvalue weighted by molar-refractivity contribution is -0.156. The molecule has 1 unspecified atom stereocenters. The maximum Gasteiger partial charge on any atom is 0.323 e. The Bertz CT molecular complexity index is 618. The molecule has 0 aromatic heterocycles. The smallest absolute Gasteiger partial charge is 0.323 e. The summed E-state index contributed by atoms with van der Waals surface area (Å²) >= 11 is 0. The molecule has 0 bridgehead atoms. The third-order valence-corrected chi connectivity index (χ3v) is 4.51.